The highest BCUT2D eigenvalue weighted by Crippen LogP contribution is 2.56. The van der Waals surface area contributed by atoms with E-state index in [9.17, 15) is 5.11 Å². The summed E-state index contributed by atoms with van der Waals surface area (Å²) >= 11 is 0. The van der Waals surface area contributed by atoms with Crippen LogP contribution in [0.2, 0.25) is 0 Å². The van der Waals surface area contributed by atoms with Crippen LogP contribution >= 0.6 is 0 Å². The highest BCUT2D eigenvalue weighted by molar-refractivity contribution is 5.20. The molecule has 1 N–H and O–H groups in total. The van der Waals surface area contributed by atoms with Gasteiger partial charge in [0.1, 0.15) is 0 Å². The molecule has 0 unspecified atom stereocenters. The first-order chi connectivity index (χ1) is 7.36. The van der Waals surface area contributed by atoms with Gasteiger partial charge < -0.3 is 5.11 Å². The minimum absolute atomic E-state index is 0.420. The maximum atomic E-state index is 10.2. The van der Waals surface area contributed by atoms with Crippen LogP contribution in [0, 0.1) is 17.3 Å². The number of rotatable bonds is 1. The Balaban J connectivity index is 2.22. The average Bonchev–Trinajstić information content (AvgIpc) is 2.60. The third-order valence-electron chi connectivity index (χ3n) is 5.33. The fourth-order valence-corrected chi connectivity index (χ4v) is 3.90. The van der Waals surface area contributed by atoms with Crippen molar-refractivity contribution < 1.29 is 5.11 Å². The van der Waals surface area contributed by atoms with Gasteiger partial charge in [-0.2, -0.15) is 0 Å². The van der Waals surface area contributed by atoms with E-state index in [1.165, 1.54) is 32.1 Å². The molecule has 0 aromatic rings. The highest BCUT2D eigenvalue weighted by atomic mass is 16.3. The lowest BCUT2D eigenvalue weighted by molar-refractivity contribution is 0.0128. The molecule has 16 heavy (non-hydrogen) atoms. The van der Waals surface area contributed by atoms with Crippen molar-refractivity contribution in [2.45, 2.75) is 65.4 Å². The summed E-state index contributed by atoms with van der Waals surface area (Å²) in [6.45, 7) is 8.66. The first kappa shape index (κ1) is 12.2. The van der Waals surface area contributed by atoms with Crippen molar-refractivity contribution in [2.75, 3.05) is 0 Å². The Hall–Kier alpha value is -0.300. The molecule has 0 bridgehead atoms. The van der Waals surface area contributed by atoms with Crippen LogP contribution in [0.1, 0.15) is 59.8 Å². The monoisotopic (exact) mass is 222 g/mol. The molecule has 1 fully saturated rings. The summed E-state index contributed by atoms with van der Waals surface area (Å²) in [7, 11) is 0. The molecule has 2 aliphatic rings. The zero-order valence-corrected chi connectivity index (χ0v) is 11.2. The summed E-state index contributed by atoms with van der Waals surface area (Å²) in [6.07, 6.45) is 8.69. The zero-order chi connectivity index (χ0) is 12.0. The molecule has 92 valence electrons. The minimum Gasteiger partial charge on any atom is -0.390 e. The molecule has 0 radical (unpaired) electrons. The number of hydrogen-bond donors (Lipinski definition) is 1. The van der Waals surface area contributed by atoms with Gasteiger partial charge in [0.2, 0.25) is 0 Å². The van der Waals surface area contributed by atoms with Gasteiger partial charge in [-0.25, -0.2) is 0 Å². The van der Waals surface area contributed by atoms with Gasteiger partial charge in [-0.15, -0.1) is 0 Å². The van der Waals surface area contributed by atoms with Crippen molar-refractivity contribution >= 4 is 0 Å². The smallest absolute Gasteiger partial charge is 0.0620 e. The summed E-state index contributed by atoms with van der Waals surface area (Å²) < 4.78 is 0. The predicted molar refractivity (Wildman–Crippen MR) is 68.2 cm³/mol. The van der Waals surface area contributed by atoms with Crippen molar-refractivity contribution in [1.29, 1.82) is 0 Å². The van der Waals surface area contributed by atoms with Gasteiger partial charge in [0.05, 0.1) is 5.60 Å². The van der Waals surface area contributed by atoms with Crippen LogP contribution in [0.25, 0.3) is 0 Å². The second-order valence-electron chi connectivity index (χ2n) is 6.62. The lowest BCUT2D eigenvalue weighted by atomic mass is 9.64. The largest absolute Gasteiger partial charge is 0.390 e. The van der Waals surface area contributed by atoms with Crippen LogP contribution < -0.4 is 0 Å². The molecule has 0 aliphatic heterocycles. The molecule has 2 aliphatic carbocycles. The van der Waals surface area contributed by atoms with Crippen molar-refractivity contribution in [3.63, 3.8) is 0 Å². The van der Waals surface area contributed by atoms with Gasteiger partial charge in [-0.1, -0.05) is 18.6 Å². The van der Waals surface area contributed by atoms with Gasteiger partial charge >= 0.3 is 0 Å². The van der Waals surface area contributed by atoms with Crippen LogP contribution in [0.3, 0.4) is 0 Å². The van der Waals surface area contributed by atoms with E-state index < -0.39 is 5.60 Å². The summed E-state index contributed by atoms with van der Waals surface area (Å²) in [4.78, 5) is 0. The molecule has 0 aromatic heterocycles. The summed E-state index contributed by atoms with van der Waals surface area (Å²) in [6, 6.07) is 0. The Morgan fingerprint density at radius 1 is 1.38 bits per heavy atom. The maximum absolute atomic E-state index is 10.2. The molecule has 1 nitrogen and oxygen atoms in total. The third kappa shape index (κ3) is 1.84. The first-order valence-corrected chi connectivity index (χ1v) is 6.76. The summed E-state index contributed by atoms with van der Waals surface area (Å²) in [5.74, 6) is 1.28. The Bertz CT molecular complexity index is 297. The van der Waals surface area contributed by atoms with E-state index >= 15 is 0 Å². The van der Waals surface area contributed by atoms with Crippen molar-refractivity contribution in [1.82, 2.24) is 0 Å². The molecule has 1 spiro atoms. The van der Waals surface area contributed by atoms with Crippen LogP contribution in [-0.2, 0) is 0 Å². The normalized spacial score (nSPS) is 40.2. The lowest BCUT2D eigenvalue weighted by Gasteiger charge is -2.41. The summed E-state index contributed by atoms with van der Waals surface area (Å²) in [5, 5.41) is 10.2. The van der Waals surface area contributed by atoms with E-state index in [1.807, 2.05) is 13.8 Å². The van der Waals surface area contributed by atoms with Gasteiger partial charge in [0.15, 0.2) is 0 Å². The lowest BCUT2D eigenvalue weighted by Crippen LogP contribution is -2.34. The average molecular weight is 222 g/mol. The number of hydrogen-bond acceptors (Lipinski definition) is 1. The molecular formula is C15H26O. The van der Waals surface area contributed by atoms with Crippen LogP contribution in [0.5, 0.6) is 0 Å². The Kier molecular flexibility index (Phi) is 2.94. The SMILES string of the molecule is CC1=CCC[C@H](C)[C@@]12CC[C@H](C(C)(C)O)C2. The van der Waals surface area contributed by atoms with Crippen LogP contribution in [0.15, 0.2) is 11.6 Å². The molecule has 0 heterocycles. The van der Waals surface area contributed by atoms with Crippen LogP contribution in [0.4, 0.5) is 0 Å². The minimum atomic E-state index is -0.499. The molecular weight excluding hydrogens is 196 g/mol. The Morgan fingerprint density at radius 2 is 2.06 bits per heavy atom. The van der Waals surface area contributed by atoms with E-state index in [1.54, 1.807) is 5.57 Å². The van der Waals surface area contributed by atoms with E-state index in [-0.39, 0.29) is 0 Å². The van der Waals surface area contributed by atoms with Crippen molar-refractivity contribution in [2.24, 2.45) is 17.3 Å². The predicted octanol–water partition coefficient (Wildman–Crippen LogP) is 3.92. The van der Waals surface area contributed by atoms with Crippen LogP contribution in [-0.4, -0.2) is 10.7 Å². The second-order valence-corrected chi connectivity index (χ2v) is 6.62. The first-order valence-electron chi connectivity index (χ1n) is 6.76. The highest BCUT2D eigenvalue weighted by Gasteiger charge is 2.48. The molecule has 1 heteroatoms. The molecule has 3 atom stereocenters. The van der Waals surface area contributed by atoms with Crippen molar-refractivity contribution in [3.8, 4) is 0 Å². The molecule has 1 saturated carbocycles. The second kappa shape index (κ2) is 3.87. The van der Waals surface area contributed by atoms with E-state index in [0.29, 0.717) is 11.3 Å². The third-order valence-corrected chi connectivity index (χ3v) is 5.33. The Morgan fingerprint density at radius 3 is 2.56 bits per heavy atom. The maximum Gasteiger partial charge on any atom is 0.0620 e. The molecule has 0 amide bonds. The fourth-order valence-electron chi connectivity index (χ4n) is 3.90. The number of aliphatic hydroxyl groups is 1. The van der Waals surface area contributed by atoms with Crippen molar-refractivity contribution in [3.05, 3.63) is 11.6 Å². The van der Waals surface area contributed by atoms with Gasteiger partial charge in [0.25, 0.3) is 0 Å². The molecule has 0 saturated heterocycles. The standard InChI is InChI=1S/C15H26O/c1-11-6-5-7-12(2)15(11)9-8-13(10-15)14(3,4)16/h6,12-13,16H,5,7-10H2,1-4H3/t12-,13-,15+/m0/s1. The molecule has 0 aromatic carbocycles. The molecule has 2 rings (SSSR count). The fraction of sp³-hybridized carbons (Fsp3) is 0.867. The van der Waals surface area contributed by atoms with Gasteiger partial charge in [-0.3, -0.25) is 0 Å². The zero-order valence-electron chi connectivity index (χ0n) is 11.2. The van der Waals surface area contributed by atoms with E-state index in [2.05, 4.69) is 19.9 Å². The van der Waals surface area contributed by atoms with Gasteiger partial charge in [-0.05, 0) is 70.1 Å². The van der Waals surface area contributed by atoms with E-state index in [0.717, 1.165) is 5.92 Å². The Labute approximate surface area is 99.9 Å². The summed E-state index contributed by atoms with van der Waals surface area (Å²) in [5.41, 5.74) is 1.52. The van der Waals surface area contributed by atoms with Gasteiger partial charge in [0, 0.05) is 0 Å². The number of allylic oxidation sites excluding steroid dienone is 2. The quantitative estimate of drug-likeness (QED) is 0.667. The van der Waals surface area contributed by atoms with E-state index in [4.69, 9.17) is 0 Å². The topological polar surface area (TPSA) is 20.2 Å².